The van der Waals surface area contributed by atoms with Gasteiger partial charge in [0.15, 0.2) is 0 Å². The molecule has 0 bridgehead atoms. The van der Waals surface area contributed by atoms with Gasteiger partial charge in [-0.15, -0.1) is 0 Å². The zero-order valence-corrected chi connectivity index (χ0v) is 11.3. The maximum atomic E-state index is 12.0. The summed E-state index contributed by atoms with van der Waals surface area (Å²) >= 11 is 5.95. The Balaban J connectivity index is 4.88. The van der Waals surface area contributed by atoms with Crippen LogP contribution in [0.15, 0.2) is 22.5 Å². The van der Waals surface area contributed by atoms with Gasteiger partial charge in [-0.2, -0.15) is 0 Å². The highest BCUT2D eigenvalue weighted by atomic mass is 35.5. The van der Waals surface area contributed by atoms with Crippen molar-refractivity contribution in [2.24, 2.45) is 0 Å². The van der Waals surface area contributed by atoms with E-state index in [2.05, 4.69) is 0 Å². The Morgan fingerprint density at radius 2 is 1.80 bits per heavy atom. The van der Waals surface area contributed by atoms with E-state index in [1.54, 1.807) is 13.8 Å². The molecule has 0 radical (unpaired) electrons. The molecule has 0 rings (SSSR count). The molecule has 0 aliphatic carbocycles. The molecule has 0 aromatic rings. The van der Waals surface area contributed by atoms with Gasteiger partial charge in [0, 0.05) is 5.82 Å². The molecule has 15 heavy (non-hydrogen) atoms. The molecule has 0 saturated heterocycles. The molecule has 0 aromatic heterocycles. The van der Waals surface area contributed by atoms with Crippen LogP contribution in [-0.4, -0.2) is 13.2 Å². The van der Waals surface area contributed by atoms with Gasteiger partial charge < -0.3 is 9.05 Å². The standard InChI is InChI=1S/C10H18ClO3P/c1-5-9(4)10(11)8-15(12,13-6-2)14-7-3/h5,8H,6-7H2,1-4H3/b9-5+,10-8-. The van der Waals surface area contributed by atoms with E-state index in [9.17, 15) is 4.57 Å². The molecule has 0 atom stereocenters. The Labute approximate surface area is 96.6 Å². The van der Waals surface area contributed by atoms with Crippen molar-refractivity contribution in [1.29, 1.82) is 0 Å². The average Bonchev–Trinajstić information content (AvgIpc) is 2.16. The number of allylic oxidation sites excluding steroid dienone is 3. The third-order valence-electron chi connectivity index (χ3n) is 1.70. The van der Waals surface area contributed by atoms with Gasteiger partial charge in [-0.3, -0.25) is 4.57 Å². The van der Waals surface area contributed by atoms with Gasteiger partial charge >= 0.3 is 7.60 Å². The van der Waals surface area contributed by atoms with E-state index in [0.29, 0.717) is 18.2 Å². The molecule has 0 saturated carbocycles. The first-order valence-electron chi connectivity index (χ1n) is 4.89. The van der Waals surface area contributed by atoms with Crippen LogP contribution in [0.3, 0.4) is 0 Å². The van der Waals surface area contributed by atoms with E-state index in [1.165, 1.54) is 5.82 Å². The summed E-state index contributed by atoms with van der Waals surface area (Å²) in [5.41, 5.74) is 0.844. The highest BCUT2D eigenvalue weighted by Crippen LogP contribution is 2.51. The summed E-state index contributed by atoms with van der Waals surface area (Å²) in [4.78, 5) is 0. The summed E-state index contributed by atoms with van der Waals surface area (Å²) < 4.78 is 22.2. The molecule has 0 aromatic carbocycles. The summed E-state index contributed by atoms with van der Waals surface area (Å²) in [6, 6.07) is 0. The second-order valence-electron chi connectivity index (χ2n) is 2.82. The quantitative estimate of drug-likeness (QED) is 0.522. The number of hydrogen-bond acceptors (Lipinski definition) is 3. The molecular formula is C10H18ClO3P. The first-order valence-corrected chi connectivity index (χ1v) is 6.88. The van der Waals surface area contributed by atoms with Gasteiger partial charge in [-0.05, 0) is 33.3 Å². The van der Waals surface area contributed by atoms with Crippen LogP contribution in [0.25, 0.3) is 0 Å². The van der Waals surface area contributed by atoms with Crippen molar-refractivity contribution >= 4 is 19.2 Å². The lowest BCUT2D eigenvalue weighted by atomic mass is 10.3. The van der Waals surface area contributed by atoms with Crippen molar-refractivity contribution in [3.8, 4) is 0 Å². The van der Waals surface area contributed by atoms with E-state index in [0.717, 1.165) is 5.57 Å². The number of hydrogen-bond donors (Lipinski definition) is 0. The molecular weight excluding hydrogens is 235 g/mol. The molecule has 0 N–H and O–H groups in total. The summed E-state index contributed by atoms with van der Waals surface area (Å²) in [6.07, 6.45) is 1.83. The summed E-state index contributed by atoms with van der Waals surface area (Å²) in [5, 5.41) is 0.405. The largest absolute Gasteiger partial charge is 0.355 e. The lowest BCUT2D eigenvalue weighted by Gasteiger charge is -2.13. The van der Waals surface area contributed by atoms with Crippen LogP contribution in [0.1, 0.15) is 27.7 Å². The van der Waals surface area contributed by atoms with Crippen LogP contribution in [0.2, 0.25) is 0 Å². The minimum Gasteiger partial charge on any atom is -0.306 e. The van der Waals surface area contributed by atoms with Crippen LogP contribution >= 0.6 is 19.2 Å². The fourth-order valence-corrected chi connectivity index (χ4v) is 2.74. The van der Waals surface area contributed by atoms with Crippen molar-refractivity contribution in [2.75, 3.05) is 13.2 Å². The second kappa shape index (κ2) is 7.24. The summed E-state index contributed by atoms with van der Waals surface area (Å²) in [6.45, 7) is 7.87. The lowest BCUT2D eigenvalue weighted by Crippen LogP contribution is -1.93. The minimum atomic E-state index is -3.18. The summed E-state index contributed by atoms with van der Waals surface area (Å²) in [7, 11) is -3.18. The molecule has 0 heterocycles. The summed E-state index contributed by atoms with van der Waals surface area (Å²) in [5.74, 6) is 1.36. The average molecular weight is 253 g/mol. The second-order valence-corrected chi connectivity index (χ2v) is 5.09. The van der Waals surface area contributed by atoms with Crippen molar-refractivity contribution in [2.45, 2.75) is 27.7 Å². The van der Waals surface area contributed by atoms with Crippen LogP contribution in [0.5, 0.6) is 0 Å². The van der Waals surface area contributed by atoms with Crippen LogP contribution in [0, 0.1) is 0 Å². The first-order chi connectivity index (χ1) is 6.99. The van der Waals surface area contributed by atoms with Crippen molar-refractivity contribution < 1.29 is 13.6 Å². The molecule has 0 fully saturated rings. The highest BCUT2D eigenvalue weighted by Gasteiger charge is 2.21. The Morgan fingerprint density at radius 3 is 2.13 bits per heavy atom. The highest BCUT2D eigenvalue weighted by molar-refractivity contribution is 7.57. The predicted molar refractivity (Wildman–Crippen MR) is 64.2 cm³/mol. The predicted octanol–water partition coefficient (Wildman–Crippen LogP) is 4.30. The molecule has 0 aliphatic rings. The molecule has 88 valence electrons. The molecule has 0 aliphatic heterocycles. The molecule has 3 nitrogen and oxygen atoms in total. The fraction of sp³-hybridized carbons (Fsp3) is 0.600. The molecule has 0 amide bonds. The Bertz CT molecular complexity index is 287. The number of halogens is 1. The smallest absolute Gasteiger partial charge is 0.306 e. The SMILES string of the molecule is C/C=C(C)/C(Cl)=C/P(=O)(OCC)OCC. The van der Waals surface area contributed by atoms with Crippen LogP contribution in [0.4, 0.5) is 0 Å². The minimum absolute atomic E-state index is 0.326. The van der Waals surface area contributed by atoms with Gasteiger partial charge in [-0.1, -0.05) is 17.7 Å². The maximum absolute atomic E-state index is 12.0. The van der Waals surface area contributed by atoms with Crippen molar-refractivity contribution in [3.63, 3.8) is 0 Å². The Morgan fingerprint density at radius 1 is 1.33 bits per heavy atom. The van der Waals surface area contributed by atoms with Crippen molar-refractivity contribution in [1.82, 2.24) is 0 Å². The first kappa shape index (κ1) is 14.9. The van der Waals surface area contributed by atoms with E-state index in [4.69, 9.17) is 20.6 Å². The van der Waals surface area contributed by atoms with E-state index in [-0.39, 0.29) is 0 Å². The van der Waals surface area contributed by atoms with Gasteiger partial charge in [-0.25, -0.2) is 0 Å². The third-order valence-corrected chi connectivity index (χ3v) is 4.07. The third kappa shape index (κ3) is 5.53. The van der Waals surface area contributed by atoms with Crippen LogP contribution < -0.4 is 0 Å². The van der Waals surface area contributed by atoms with E-state index >= 15 is 0 Å². The lowest BCUT2D eigenvalue weighted by molar-refractivity contribution is 0.229. The van der Waals surface area contributed by atoms with Crippen molar-refractivity contribution in [3.05, 3.63) is 22.5 Å². The van der Waals surface area contributed by atoms with Gasteiger partial charge in [0.25, 0.3) is 0 Å². The maximum Gasteiger partial charge on any atom is 0.355 e. The van der Waals surface area contributed by atoms with E-state index in [1.807, 2.05) is 19.9 Å². The zero-order valence-electron chi connectivity index (χ0n) is 9.62. The molecule has 0 spiro atoms. The Kier molecular flexibility index (Phi) is 7.20. The van der Waals surface area contributed by atoms with E-state index < -0.39 is 7.60 Å². The Hall–Kier alpha value is -0.0800. The van der Waals surface area contributed by atoms with Gasteiger partial charge in [0.2, 0.25) is 0 Å². The van der Waals surface area contributed by atoms with Gasteiger partial charge in [0.05, 0.1) is 18.2 Å². The molecule has 5 heteroatoms. The van der Waals surface area contributed by atoms with Crippen LogP contribution in [-0.2, 0) is 13.6 Å². The number of rotatable bonds is 6. The van der Waals surface area contributed by atoms with Gasteiger partial charge in [0.1, 0.15) is 0 Å². The fourth-order valence-electron chi connectivity index (χ4n) is 0.850. The monoisotopic (exact) mass is 252 g/mol. The normalized spacial score (nSPS) is 14.5. The topological polar surface area (TPSA) is 35.5 Å². The molecule has 0 unspecified atom stereocenters. The zero-order chi connectivity index (χ0) is 11.9.